The van der Waals surface area contributed by atoms with Crippen LogP contribution in [0.15, 0.2) is 45.6 Å². The summed E-state index contributed by atoms with van der Waals surface area (Å²) >= 11 is 1.60. The molecule has 0 radical (unpaired) electrons. The number of rotatable bonds is 8. The average molecular weight is 414 g/mol. The van der Waals surface area contributed by atoms with Crippen LogP contribution in [0.5, 0.6) is 0 Å². The first kappa shape index (κ1) is 20.7. The number of amides is 3. The molecular weight excluding hydrogens is 390 g/mol. The minimum atomic E-state index is -0.431. The molecule has 1 fully saturated rings. The SMILES string of the molecule is CSc1ccccc1CN1CC(=O)N(/C(C=N)=C/NCc2c(C)noc2C)C1=O. The second kappa shape index (κ2) is 8.95. The first-order valence-electron chi connectivity index (χ1n) is 9.05. The molecule has 2 aromatic rings. The summed E-state index contributed by atoms with van der Waals surface area (Å²) < 4.78 is 5.12. The van der Waals surface area contributed by atoms with E-state index in [0.717, 1.165) is 32.8 Å². The van der Waals surface area contributed by atoms with Gasteiger partial charge in [0.2, 0.25) is 0 Å². The van der Waals surface area contributed by atoms with Crippen LogP contribution in [-0.2, 0) is 17.9 Å². The Kier molecular flexibility index (Phi) is 6.38. The Morgan fingerprint density at radius 2 is 2.10 bits per heavy atom. The molecule has 1 saturated heterocycles. The Labute approximate surface area is 173 Å². The molecule has 29 heavy (non-hydrogen) atoms. The monoisotopic (exact) mass is 413 g/mol. The van der Waals surface area contributed by atoms with E-state index >= 15 is 0 Å². The van der Waals surface area contributed by atoms with Crippen molar-refractivity contribution in [3.63, 3.8) is 0 Å². The van der Waals surface area contributed by atoms with Crippen molar-refractivity contribution in [2.24, 2.45) is 0 Å². The number of nitrogens with zero attached hydrogens (tertiary/aromatic N) is 3. The summed E-state index contributed by atoms with van der Waals surface area (Å²) in [5, 5.41) is 14.6. The number of hydrogen-bond donors (Lipinski definition) is 2. The third kappa shape index (κ3) is 4.34. The molecule has 1 aliphatic heterocycles. The highest BCUT2D eigenvalue weighted by atomic mass is 32.2. The van der Waals surface area contributed by atoms with E-state index in [1.54, 1.807) is 11.8 Å². The predicted molar refractivity (Wildman–Crippen MR) is 111 cm³/mol. The lowest BCUT2D eigenvalue weighted by molar-refractivity contribution is -0.123. The highest BCUT2D eigenvalue weighted by Crippen LogP contribution is 2.24. The molecule has 0 bridgehead atoms. The largest absolute Gasteiger partial charge is 0.385 e. The van der Waals surface area contributed by atoms with Gasteiger partial charge in [-0.05, 0) is 31.7 Å². The molecule has 3 amide bonds. The highest BCUT2D eigenvalue weighted by molar-refractivity contribution is 7.98. The van der Waals surface area contributed by atoms with Gasteiger partial charge in [-0.1, -0.05) is 23.4 Å². The van der Waals surface area contributed by atoms with E-state index in [1.165, 1.54) is 11.1 Å². The summed E-state index contributed by atoms with van der Waals surface area (Å²) in [5.74, 6) is 0.345. The standard InChI is InChI=1S/C20H23N5O3S/c1-13-17(14(2)28-23-13)10-22-9-16(8-21)25-19(26)12-24(20(25)27)11-15-6-4-5-7-18(15)29-3/h4-9,21-22H,10-12H2,1-3H3/b16-9+,21-8?. The zero-order valence-electron chi connectivity index (χ0n) is 16.6. The first-order valence-corrected chi connectivity index (χ1v) is 10.3. The second-order valence-electron chi connectivity index (χ2n) is 6.58. The van der Waals surface area contributed by atoms with Gasteiger partial charge < -0.3 is 20.1 Å². The van der Waals surface area contributed by atoms with Gasteiger partial charge in [-0.15, -0.1) is 11.8 Å². The van der Waals surface area contributed by atoms with Crippen LogP contribution < -0.4 is 5.32 Å². The number of allylic oxidation sites excluding steroid dienone is 1. The van der Waals surface area contributed by atoms with Crippen molar-refractivity contribution < 1.29 is 14.1 Å². The van der Waals surface area contributed by atoms with Gasteiger partial charge in [0.05, 0.1) is 11.4 Å². The van der Waals surface area contributed by atoms with Crippen LogP contribution in [0.1, 0.15) is 22.6 Å². The number of urea groups is 1. The lowest BCUT2D eigenvalue weighted by atomic mass is 10.2. The van der Waals surface area contributed by atoms with E-state index in [9.17, 15) is 9.59 Å². The van der Waals surface area contributed by atoms with Gasteiger partial charge in [0.15, 0.2) is 0 Å². The molecule has 0 atom stereocenters. The zero-order valence-corrected chi connectivity index (χ0v) is 17.4. The van der Waals surface area contributed by atoms with Crippen molar-refractivity contribution in [1.82, 2.24) is 20.3 Å². The van der Waals surface area contributed by atoms with Crippen molar-refractivity contribution in [3.8, 4) is 0 Å². The summed E-state index contributed by atoms with van der Waals surface area (Å²) in [5.41, 5.74) is 2.85. The maximum absolute atomic E-state index is 12.8. The topological polar surface area (TPSA) is 103 Å². The quantitative estimate of drug-likeness (QED) is 0.392. The molecule has 0 aliphatic carbocycles. The van der Waals surface area contributed by atoms with Crippen LogP contribution >= 0.6 is 11.8 Å². The number of imide groups is 1. The van der Waals surface area contributed by atoms with E-state index in [-0.39, 0.29) is 18.1 Å². The number of aromatic nitrogens is 1. The number of nitrogens with one attached hydrogen (secondary N) is 2. The minimum absolute atomic E-state index is 0.0173. The van der Waals surface area contributed by atoms with Crippen molar-refractivity contribution in [1.29, 1.82) is 5.41 Å². The fourth-order valence-electron chi connectivity index (χ4n) is 3.15. The predicted octanol–water partition coefficient (Wildman–Crippen LogP) is 3.06. The molecular formula is C20H23N5O3S. The Hall–Kier alpha value is -3.07. The van der Waals surface area contributed by atoms with E-state index in [4.69, 9.17) is 9.93 Å². The molecule has 0 spiro atoms. The molecule has 3 rings (SSSR count). The lowest BCUT2D eigenvalue weighted by Crippen LogP contribution is -2.33. The third-order valence-electron chi connectivity index (χ3n) is 4.71. The summed E-state index contributed by atoms with van der Waals surface area (Å²) in [6.07, 6.45) is 4.46. The number of aryl methyl sites for hydroxylation is 2. The maximum atomic E-state index is 12.8. The molecule has 2 N–H and O–H groups in total. The maximum Gasteiger partial charge on any atom is 0.332 e. The first-order chi connectivity index (χ1) is 14.0. The fourth-order valence-corrected chi connectivity index (χ4v) is 3.76. The van der Waals surface area contributed by atoms with Gasteiger partial charge in [-0.25, -0.2) is 9.69 Å². The Morgan fingerprint density at radius 1 is 1.34 bits per heavy atom. The summed E-state index contributed by atoms with van der Waals surface area (Å²) in [6.45, 7) is 4.40. The van der Waals surface area contributed by atoms with E-state index in [0.29, 0.717) is 18.8 Å². The van der Waals surface area contributed by atoms with Crippen LogP contribution in [0.3, 0.4) is 0 Å². The number of hydrogen-bond acceptors (Lipinski definition) is 7. The third-order valence-corrected chi connectivity index (χ3v) is 5.55. The van der Waals surface area contributed by atoms with Gasteiger partial charge in [0.25, 0.3) is 5.91 Å². The molecule has 1 aliphatic rings. The Balaban J connectivity index is 1.72. The van der Waals surface area contributed by atoms with E-state index in [2.05, 4.69) is 10.5 Å². The molecule has 9 heteroatoms. The fraction of sp³-hybridized carbons (Fsp3) is 0.300. The van der Waals surface area contributed by atoms with Crippen molar-refractivity contribution in [2.75, 3.05) is 12.8 Å². The Bertz CT molecular complexity index is 949. The smallest absolute Gasteiger partial charge is 0.332 e. The van der Waals surface area contributed by atoms with E-state index < -0.39 is 6.03 Å². The van der Waals surface area contributed by atoms with Crippen molar-refractivity contribution >= 4 is 29.9 Å². The average Bonchev–Trinajstić information content (AvgIpc) is 3.18. The molecule has 1 aromatic heterocycles. The van der Waals surface area contributed by atoms with Crippen molar-refractivity contribution in [3.05, 3.63) is 58.7 Å². The van der Waals surface area contributed by atoms with Crippen LogP contribution in [0.25, 0.3) is 0 Å². The van der Waals surface area contributed by atoms with Gasteiger partial charge in [-0.2, -0.15) is 0 Å². The zero-order chi connectivity index (χ0) is 21.0. The van der Waals surface area contributed by atoms with E-state index in [1.807, 2.05) is 44.4 Å². The Morgan fingerprint density at radius 3 is 2.76 bits per heavy atom. The number of benzene rings is 1. The normalized spacial score (nSPS) is 14.7. The molecule has 8 nitrogen and oxygen atoms in total. The second-order valence-corrected chi connectivity index (χ2v) is 7.42. The van der Waals surface area contributed by atoms with Gasteiger partial charge in [0.1, 0.15) is 12.3 Å². The number of carbonyl (C=O) groups excluding carboxylic acids is 2. The molecule has 2 heterocycles. The molecule has 0 unspecified atom stereocenters. The summed E-state index contributed by atoms with van der Waals surface area (Å²) in [6, 6.07) is 7.36. The van der Waals surface area contributed by atoms with Crippen LogP contribution in [0.2, 0.25) is 0 Å². The summed E-state index contributed by atoms with van der Waals surface area (Å²) in [4.78, 5) is 28.9. The molecule has 0 saturated carbocycles. The van der Waals surface area contributed by atoms with Gasteiger partial charge >= 0.3 is 6.03 Å². The van der Waals surface area contributed by atoms with Crippen LogP contribution in [0.4, 0.5) is 4.79 Å². The van der Waals surface area contributed by atoms with Crippen LogP contribution in [0, 0.1) is 19.3 Å². The highest BCUT2D eigenvalue weighted by Gasteiger charge is 2.38. The molecule has 1 aromatic carbocycles. The van der Waals surface area contributed by atoms with Gasteiger partial charge in [0, 0.05) is 36.0 Å². The van der Waals surface area contributed by atoms with Crippen LogP contribution in [-0.4, -0.2) is 45.9 Å². The van der Waals surface area contributed by atoms with Crippen molar-refractivity contribution in [2.45, 2.75) is 31.8 Å². The number of carbonyl (C=O) groups is 2. The lowest BCUT2D eigenvalue weighted by Gasteiger charge is -2.18. The molecule has 152 valence electrons. The summed E-state index contributed by atoms with van der Waals surface area (Å²) in [7, 11) is 0. The van der Waals surface area contributed by atoms with Gasteiger partial charge in [-0.3, -0.25) is 4.79 Å². The number of thioether (sulfide) groups is 1. The minimum Gasteiger partial charge on any atom is -0.385 e.